The molecule has 2 atom stereocenters. The highest BCUT2D eigenvalue weighted by molar-refractivity contribution is 7.80. The monoisotopic (exact) mass is 395 g/mol. The Kier molecular flexibility index (Phi) is 15.6. The molecule has 0 radical (unpaired) electrons. The van der Waals surface area contributed by atoms with Crippen LogP contribution in [0.1, 0.15) is 33.1 Å². The predicted octanol–water partition coefficient (Wildman–Crippen LogP) is -1.18. The summed E-state index contributed by atoms with van der Waals surface area (Å²) < 4.78 is 0. The Bertz CT molecular complexity index is 461. The zero-order chi connectivity index (χ0) is 20.7. The fraction of sp³-hybridized carbons (Fsp3) is 0.733. The van der Waals surface area contributed by atoms with Crippen LogP contribution in [0, 0.1) is 5.92 Å². The second kappa shape index (κ2) is 15.4. The van der Waals surface area contributed by atoms with Crippen LogP contribution in [0.4, 0.5) is 0 Å². The Morgan fingerprint density at radius 1 is 1.12 bits per heavy atom. The van der Waals surface area contributed by atoms with E-state index in [1.54, 1.807) is 0 Å². The van der Waals surface area contributed by atoms with Gasteiger partial charge in [0.25, 0.3) is 0 Å². The Labute approximate surface area is 157 Å². The van der Waals surface area contributed by atoms with E-state index in [0.717, 1.165) is 6.42 Å². The van der Waals surface area contributed by atoms with Crippen LogP contribution in [0.5, 0.6) is 0 Å². The fourth-order valence-electron chi connectivity index (χ4n) is 1.41. The first-order chi connectivity index (χ1) is 12.0. The summed E-state index contributed by atoms with van der Waals surface area (Å²) in [6.45, 7) is 3.95. The number of thiol groups is 1. The van der Waals surface area contributed by atoms with Crippen LogP contribution in [0.25, 0.3) is 0 Å². The minimum absolute atomic E-state index is 0.0256. The van der Waals surface area contributed by atoms with Crippen LogP contribution in [-0.2, 0) is 19.2 Å². The Hall–Kier alpha value is -1.85. The van der Waals surface area contributed by atoms with Gasteiger partial charge in [0.1, 0.15) is 18.6 Å². The number of hydrogen-bond donors (Lipinski definition) is 7. The van der Waals surface area contributed by atoms with Crippen molar-refractivity contribution in [3.63, 3.8) is 0 Å². The molecule has 2 amide bonds. The molecule has 7 N–H and O–H groups in total. The molecular formula is C15H29N3O7S. The van der Waals surface area contributed by atoms with E-state index in [4.69, 9.17) is 21.1 Å². The summed E-state index contributed by atoms with van der Waals surface area (Å²) >= 11 is 3.87. The Morgan fingerprint density at radius 2 is 1.69 bits per heavy atom. The van der Waals surface area contributed by atoms with E-state index in [1.807, 2.05) is 0 Å². The molecule has 0 saturated heterocycles. The Balaban J connectivity index is 0. The lowest BCUT2D eigenvalue weighted by Crippen LogP contribution is -2.49. The number of carboxylic acid groups (broad SMARTS) is 2. The van der Waals surface area contributed by atoms with Gasteiger partial charge in [-0.15, -0.1) is 0 Å². The second-order valence-electron chi connectivity index (χ2n) is 5.80. The third-order valence-corrected chi connectivity index (χ3v) is 3.32. The zero-order valence-electron chi connectivity index (χ0n) is 15.0. The second-order valence-corrected chi connectivity index (χ2v) is 6.17. The third kappa shape index (κ3) is 15.7. The van der Waals surface area contributed by atoms with Crippen molar-refractivity contribution in [1.29, 1.82) is 0 Å². The van der Waals surface area contributed by atoms with Gasteiger partial charge in [0.05, 0.1) is 0 Å². The minimum Gasteiger partial charge on any atom is -0.480 e. The highest BCUT2D eigenvalue weighted by Crippen LogP contribution is 1.97. The topological polar surface area (TPSA) is 179 Å². The van der Waals surface area contributed by atoms with Gasteiger partial charge in [-0.1, -0.05) is 13.8 Å². The van der Waals surface area contributed by atoms with Gasteiger partial charge >= 0.3 is 11.9 Å². The van der Waals surface area contributed by atoms with E-state index >= 15 is 0 Å². The standard InChI is InChI=1S/C10H17N3O6S.C5H12O/c11-5(10(18)19)1-2-7(14)13-6(4-20)9(17)12-3-8(15)16;1-5(2)3-4-6/h5-6,20H,1-4,11H2,(H,12,17)(H,13,14)(H,15,16)(H,18,19);5-6H,3-4H2,1-2H3/t5-,6-;/m0./s1. The number of amides is 2. The van der Waals surface area contributed by atoms with Crippen molar-refractivity contribution in [1.82, 2.24) is 10.6 Å². The van der Waals surface area contributed by atoms with Gasteiger partial charge < -0.3 is 31.7 Å². The van der Waals surface area contributed by atoms with Crippen molar-refractivity contribution in [2.45, 2.75) is 45.2 Å². The molecule has 26 heavy (non-hydrogen) atoms. The SMILES string of the molecule is CC(C)CCO.N[C@@H](CCC(=O)N[C@@H](CS)C(=O)NCC(=O)O)C(=O)O. The van der Waals surface area contributed by atoms with E-state index in [-0.39, 0.29) is 18.6 Å². The fourth-order valence-corrected chi connectivity index (χ4v) is 1.67. The summed E-state index contributed by atoms with van der Waals surface area (Å²) in [7, 11) is 0. The molecule has 0 unspecified atom stereocenters. The van der Waals surface area contributed by atoms with Crippen molar-refractivity contribution in [3.05, 3.63) is 0 Å². The van der Waals surface area contributed by atoms with Crippen LogP contribution in [-0.4, -0.2) is 70.1 Å². The Morgan fingerprint density at radius 3 is 2.04 bits per heavy atom. The lowest BCUT2D eigenvalue weighted by Gasteiger charge is -2.16. The molecule has 0 bridgehead atoms. The van der Waals surface area contributed by atoms with Crippen molar-refractivity contribution in [2.24, 2.45) is 11.7 Å². The van der Waals surface area contributed by atoms with Gasteiger partial charge in [-0.05, 0) is 18.8 Å². The molecule has 0 saturated carbocycles. The summed E-state index contributed by atoms with van der Waals surface area (Å²) in [6, 6.07) is -2.15. The summed E-state index contributed by atoms with van der Waals surface area (Å²) in [5.74, 6) is -3.06. The molecule has 0 heterocycles. The zero-order valence-corrected chi connectivity index (χ0v) is 15.9. The van der Waals surface area contributed by atoms with Gasteiger partial charge in [-0.2, -0.15) is 12.6 Å². The number of nitrogens with one attached hydrogen (secondary N) is 2. The van der Waals surface area contributed by atoms with Crippen molar-refractivity contribution >= 4 is 36.4 Å². The van der Waals surface area contributed by atoms with Crippen LogP contribution >= 0.6 is 12.6 Å². The van der Waals surface area contributed by atoms with Gasteiger partial charge in [0.2, 0.25) is 11.8 Å². The van der Waals surface area contributed by atoms with Crippen molar-refractivity contribution in [2.75, 3.05) is 18.9 Å². The lowest BCUT2D eigenvalue weighted by molar-refractivity contribution is -0.139. The first-order valence-corrected chi connectivity index (χ1v) is 8.67. The number of hydrogen-bond acceptors (Lipinski definition) is 7. The highest BCUT2D eigenvalue weighted by Gasteiger charge is 2.20. The number of carbonyl (C=O) groups is 4. The van der Waals surface area contributed by atoms with Gasteiger partial charge in [0.15, 0.2) is 0 Å². The highest BCUT2D eigenvalue weighted by atomic mass is 32.1. The maximum absolute atomic E-state index is 11.5. The number of rotatable bonds is 11. The molecule has 0 aromatic heterocycles. The van der Waals surface area contributed by atoms with E-state index in [0.29, 0.717) is 12.5 Å². The van der Waals surface area contributed by atoms with E-state index in [1.165, 1.54) is 0 Å². The van der Waals surface area contributed by atoms with Crippen LogP contribution in [0.2, 0.25) is 0 Å². The predicted molar refractivity (Wildman–Crippen MR) is 97.8 cm³/mol. The van der Waals surface area contributed by atoms with Gasteiger partial charge in [0, 0.05) is 18.8 Å². The van der Waals surface area contributed by atoms with E-state index in [9.17, 15) is 19.2 Å². The van der Waals surface area contributed by atoms with E-state index in [2.05, 4.69) is 37.1 Å². The number of carbonyl (C=O) groups excluding carboxylic acids is 2. The summed E-state index contributed by atoms with van der Waals surface area (Å²) in [5, 5.41) is 29.6. The van der Waals surface area contributed by atoms with Crippen molar-refractivity contribution in [3.8, 4) is 0 Å². The summed E-state index contributed by atoms with van der Waals surface area (Å²) in [6.07, 6.45) is 0.696. The molecule has 0 aliphatic rings. The molecule has 0 aromatic rings. The van der Waals surface area contributed by atoms with Gasteiger partial charge in [-0.25, -0.2) is 0 Å². The summed E-state index contributed by atoms with van der Waals surface area (Å²) in [5.41, 5.74) is 5.23. The molecule has 152 valence electrons. The van der Waals surface area contributed by atoms with E-state index < -0.39 is 42.4 Å². The molecule has 0 aliphatic carbocycles. The molecule has 0 rings (SSSR count). The molecular weight excluding hydrogens is 366 g/mol. The maximum atomic E-state index is 11.5. The smallest absolute Gasteiger partial charge is 0.322 e. The molecule has 11 heteroatoms. The first-order valence-electron chi connectivity index (χ1n) is 8.04. The third-order valence-electron chi connectivity index (χ3n) is 2.95. The van der Waals surface area contributed by atoms with Crippen molar-refractivity contribution < 1.29 is 34.5 Å². The maximum Gasteiger partial charge on any atom is 0.322 e. The van der Waals surface area contributed by atoms with Crippen LogP contribution in [0.3, 0.4) is 0 Å². The number of aliphatic carboxylic acids is 2. The molecule has 10 nitrogen and oxygen atoms in total. The average Bonchev–Trinajstić information content (AvgIpc) is 2.55. The molecule has 0 aromatic carbocycles. The molecule has 0 spiro atoms. The quantitative estimate of drug-likeness (QED) is 0.213. The first kappa shape index (κ1) is 26.4. The minimum atomic E-state index is -1.22. The number of aliphatic hydroxyl groups excluding tert-OH is 1. The number of carboxylic acids is 2. The summed E-state index contributed by atoms with van der Waals surface area (Å²) in [4.78, 5) is 43.7. The number of aliphatic hydroxyl groups is 1. The molecule has 0 fully saturated rings. The van der Waals surface area contributed by atoms with Crippen LogP contribution in [0.15, 0.2) is 0 Å². The largest absolute Gasteiger partial charge is 0.480 e. The lowest BCUT2D eigenvalue weighted by atomic mass is 10.1. The van der Waals surface area contributed by atoms with Crippen LogP contribution < -0.4 is 16.4 Å². The normalized spacial score (nSPS) is 12.4. The molecule has 0 aliphatic heterocycles. The number of nitrogens with two attached hydrogens (primary N) is 1. The average molecular weight is 395 g/mol. The van der Waals surface area contributed by atoms with Gasteiger partial charge in [-0.3, -0.25) is 19.2 Å².